The third-order valence-electron chi connectivity index (χ3n) is 5.24. The third kappa shape index (κ3) is 3.54. The third-order valence-corrected chi connectivity index (χ3v) is 5.24. The Kier molecular flexibility index (Phi) is 5.19. The number of hydrogen-bond donors (Lipinski definition) is 1. The molecule has 1 aliphatic heterocycles. The summed E-state index contributed by atoms with van der Waals surface area (Å²) in [7, 11) is 1.62. The quantitative estimate of drug-likeness (QED) is 0.699. The van der Waals surface area contributed by atoms with E-state index in [1.54, 1.807) is 7.11 Å². The number of nitrogens with one attached hydrogen (secondary N) is 1. The first-order valence-electron chi connectivity index (χ1n) is 9.86. The monoisotopic (exact) mass is 378 g/mol. The molecule has 1 aliphatic rings. The summed E-state index contributed by atoms with van der Waals surface area (Å²) in [5.41, 5.74) is 4.01. The van der Waals surface area contributed by atoms with E-state index in [1.165, 1.54) is 5.52 Å². The van der Waals surface area contributed by atoms with Crippen LogP contribution < -0.4 is 15.0 Å². The van der Waals surface area contributed by atoms with Crippen LogP contribution in [0, 0.1) is 0 Å². The zero-order valence-corrected chi connectivity index (χ0v) is 16.4. The normalized spacial score (nSPS) is 13.4. The van der Waals surface area contributed by atoms with E-state index in [0.29, 0.717) is 12.2 Å². The largest absolute Gasteiger partial charge is 0.495 e. The van der Waals surface area contributed by atoms with Crippen LogP contribution in [0.4, 0.5) is 11.4 Å². The van der Waals surface area contributed by atoms with Crippen molar-refractivity contribution >= 4 is 28.3 Å². The number of unbranched alkanes of at least 4 members (excludes halogenated alkanes) is 1. The van der Waals surface area contributed by atoms with Crippen LogP contribution in [0.5, 0.6) is 5.75 Å². The number of nitrogens with zero attached hydrogens (tertiary/aromatic N) is 3. The average Bonchev–Trinajstić information content (AvgIpc) is 3.10. The topological polar surface area (TPSA) is 59.4 Å². The molecule has 146 valence electrons. The molecule has 3 aromatic rings. The van der Waals surface area contributed by atoms with Crippen molar-refractivity contribution in [2.24, 2.45) is 0 Å². The average molecular weight is 378 g/mol. The van der Waals surface area contributed by atoms with Gasteiger partial charge >= 0.3 is 0 Å². The van der Waals surface area contributed by atoms with Gasteiger partial charge in [0.15, 0.2) is 0 Å². The van der Waals surface area contributed by atoms with Gasteiger partial charge in [-0.2, -0.15) is 0 Å². The van der Waals surface area contributed by atoms with Crippen LogP contribution in [0.3, 0.4) is 0 Å². The summed E-state index contributed by atoms with van der Waals surface area (Å²) in [5, 5.41) is 3.00. The Labute approximate surface area is 165 Å². The number of carbonyl (C=O) groups excluding carboxylic acids is 1. The van der Waals surface area contributed by atoms with Crippen molar-refractivity contribution in [1.29, 1.82) is 0 Å². The summed E-state index contributed by atoms with van der Waals surface area (Å²) in [5.74, 6) is 1.77. The standard InChI is InChI=1S/C22H26N4O2/c1-3-4-9-22(27)24-18-14-16(10-11-20(18)28-2)25-12-13-26-19-8-6-5-7-17(19)23-21(26)15-25/h5-8,10-11,14H,3-4,9,12-13,15H2,1-2H3,(H,24,27). The highest BCUT2D eigenvalue weighted by Crippen LogP contribution is 2.32. The van der Waals surface area contributed by atoms with Gasteiger partial charge in [0.2, 0.25) is 5.91 Å². The lowest BCUT2D eigenvalue weighted by Gasteiger charge is -2.30. The van der Waals surface area contributed by atoms with Crippen molar-refractivity contribution < 1.29 is 9.53 Å². The molecule has 0 saturated heterocycles. The number of anilines is 2. The second-order valence-electron chi connectivity index (χ2n) is 7.13. The van der Waals surface area contributed by atoms with E-state index >= 15 is 0 Å². The van der Waals surface area contributed by atoms with Crippen LogP contribution in [-0.4, -0.2) is 29.1 Å². The molecule has 0 aliphatic carbocycles. The van der Waals surface area contributed by atoms with Crippen molar-refractivity contribution in [3.8, 4) is 5.75 Å². The maximum absolute atomic E-state index is 12.2. The Hall–Kier alpha value is -3.02. The molecule has 2 heterocycles. The predicted molar refractivity (Wildman–Crippen MR) is 112 cm³/mol. The Bertz CT molecular complexity index is 995. The molecule has 6 heteroatoms. The number of ether oxygens (including phenoxy) is 1. The number of amides is 1. The molecule has 0 bridgehead atoms. The number of hydrogen-bond acceptors (Lipinski definition) is 4. The van der Waals surface area contributed by atoms with Crippen molar-refractivity contribution in [2.45, 2.75) is 39.3 Å². The van der Waals surface area contributed by atoms with Gasteiger partial charge < -0.3 is 19.5 Å². The van der Waals surface area contributed by atoms with Gasteiger partial charge in [0.25, 0.3) is 0 Å². The molecular formula is C22H26N4O2. The summed E-state index contributed by atoms with van der Waals surface area (Å²) in [4.78, 5) is 19.3. The molecule has 0 spiro atoms. The highest BCUT2D eigenvalue weighted by Gasteiger charge is 2.21. The van der Waals surface area contributed by atoms with Crippen LogP contribution in [0.15, 0.2) is 42.5 Å². The van der Waals surface area contributed by atoms with E-state index in [-0.39, 0.29) is 5.91 Å². The molecule has 0 saturated carbocycles. The van der Waals surface area contributed by atoms with Gasteiger partial charge in [0.05, 0.1) is 30.4 Å². The minimum atomic E-state index is 0.0257. The minimum Gasteiger partial charge on any atom is -0.495 e. The van der Waals surface area contributed by atoms with Crippen LogP contribution in [0.25, 0.3) is 11.0 Å². The Morgan fingerprint density at radius 2 is 2.07 bits per heavy atom. The fourth-order valence-electron chi connectivity index (χ4n) is 3.73. The Morgan fingerprint density at radius 1 is 1.21 bits per heavy atom. The van der Waals surface area contributed by atoms with E-state index in [9.17, 15) is 4.79 Å². The summed E-state index contributed by atoms with van der Waals surface area (Å²) in [6, 6.07) is 14.2. The van der Waals surface area contributed by atoms with Gasteiger partial charge in [-0.25, -0.2) is 4.98 Å². The van der Waals surface area contributed by atoms with E-state index < -0.39 is 0 Å². The number of para-hydroxylation sites is 2. The number of fused-ring (bicyclic) bond motifs is 3. The highest BCUT2D eigenvalue weighted by molar-refractivity contribution is 5.93. The fourth-order valence-corrected chi connectivity index (χ4v) is 3.73. The van der Waals surface area contributed by atoms with Crippen LogP contribution in [0.1, 0.15) is 32.0 Å². The summed E-state index contributed by atoms with van der Waals surface area (Å²) < 4.78 is 7.73. The predicted octanol–water partition coefficient (Wildman–Crippen LogP) is 4.19. The van der Waals surface area contributed by atoms with Crippen molar-refractivity contribution in [3.05, 3.63) is 48.3 Å². The zero-order chi connectivity index (χ0) is 19.5. The van der Waals surface area contributed by atoms with E-state index in [2.05, 4.69) is 39.9 Å². The molecule has 0 unspecified atom stereocenters. The summed E-state index contributed by atoms with van der Waals surface area (Å²) in [6.07, 6.45) is 2.41. The van der Waals surface area contributed by atoms with Crippen molar-refractivity contribution in [2.75, 3.05) is 23.9 Å². The Balaban J connectivity index is 1.57. The molecule has 6 nitrogen and oxygen atoms in total. The molecule has 0 radical (unpaired) electrons. The first-order valence-corrected chi connectivity index (χ1v) is 9.86. The number of aromatic nitrogens is 2. The van der Waals surface area contributed by atoms with Crippen LogP contribution in [0.2, 0.25) is 0 Å². The van der Waals surface area contributed by atoms with Gasteiger partial charge in [-0.3, -0.25) is 4.79 Å². The van der Waals surface area contributed by atoms with Gasteiger partial charge in [0.1, 0.15) is 11.6 Å². The van der Waals surface area contributed by atoms with E-state index in [4.69, 9.17) is 9.72 Å². The molecule has 0 atom stereocenters. The number of imidazole rings is 1. The smallest absolute Gasteiger partial charge is 0.224 e. The first-order chi connectivity index (χ1) is 13.7. The summed E-state index contributed by atoms with van der Waals surface area (Å²) >= 11 is 0. The molecule has 28 heavy (non-hydrogen) atoms. The lowest BCUT2D eigenvalue weighted by molar-refractivity contribution is -0.116. The molecule has 1 aromatic heterocycles. The maximum atomic E-state index is 12.2. The maximum Gasteiger partial charge on any atom is 0.224 e. The molecule has 4 rings (SSSR count). The Morgan fingerprint density at radius 3 is 2.89 bits per heavy atom. The minimum absolute atomic E-state index is 0.0257. The number of benzene rings is 2. The van der Waals surface area contributed by atoms with Gasteiger partial charge in [-0.1, -0.05) is 25.5 Å². The molecule has 0 fully saturated rings. The van der Waals surface area contributed by atoms with Gasteiger partial charge in [-0.05, 0) is 36.8 Å². The van der Waals surface area contributed by atoms with E-state index in [0.717, 1.165) is 55.2 Å². The lowest BCUT2D eigenvalue weighted by Crippen LogP contribution is -2.33. The second-order valence-corrected chi connectivity index (χ2v) is 7.13. The number of rotatable bonds is 6. The van der Waals surface area contributed by atoms with E-state index in [1.807, 2.05) is 24.3 Å². The molecular weight excluding hydrogens is 352 g/mol. The lowest BCUT2D eigenvalue weighted by atomic mass is 10.2. The SMILES string of the molecule is CCCCC(=O)Nc1cc(N2CCn3c(nc4ccccc43)C2)ccc1OC. The highest BCUT2D eigenvalue weighted by atomic mass is 16.5. The molecule has 1 N–H and O–H groups in total. The fraction of sp³-hybridized carbons (Fsp3) is 0.364. The van der Waals surface area contributed by atoms with Crippen molar-refractivity contribution in [3.63, 3.8) is 0 Å². The first kappa shape index (κ1) is 18.3. The molecule has 1 amide bonds. The van der Waals surface area contributed by atoms with Gasteiger partial charge in [0, 0.05) is 25.2 Å². The van der Waals surface area contributed by atoms with Crippen LogP contribution in [-0.2, 0) is 17.9 Å². The van der Waals surface area contributed by atoms with Crippen LogP contribution >= 0.6 is 0 Å². The van der Waals surface area contributed by atoms with Gasteiger partial charge in [-0.15, -0.1) is 0 Å². The van der Waals surface area contributed by atoms with Crippen molar-refractivity contribution in [1.82, 2.24) is 9.55 Å². The molecule has 2 aromatic carbocycles. The second kappa shape index (κ2) is 7.92. The number of methoxy groups -OCH3 is 1. The summed E-state index contributed by atoms with van der Waals surface area (Å²) in [6.45, 7) is 4.60. The number of carbonyl (C=O) groups is 1. The zero-order valence-electron chi connectivity index (χ0n) is 16.4.